The Morgan fingerprint density at radius 2 is 1.96 bits per heavy atom. The Balaban J connectivity index is 2.43. The van der Waals surface area contributed by atoms with E-state index in [4.69, 9.17) is 5.26 Å². The van der Waals surface area contributed by atoms with Crippen LogP contribution in [0.5, 0.6) is 0 Å². The molecule has 3 unspecified atom stereocenters. The van der Waals surface area contributed by atoms with Crippen molar-refractivity contribution in [3.05, 3.63) is 24.0 Å². The van der Waals surface area contributed by atoms with Crippen molar-refractivity contribution < 1.29 is 36.2 Å². The van der Waals surface area contributed by atoms with E-state index in [1.165, 1.54) is 13.0 Å². The summed E-state index contributed by atoms with van der Waals surface area (Å²) in [5, 5.41) is 23.3. The topological polar surface area (TPSA) is 81.7 Å². The van der Waals surface area contributed by atoms with Crippen LogP contribution < -0.4 is 5.01 Å². The van der Waals surface area contributed by atoms with Crippen molar-refractivity contribution in [2.45, 2.75) is 31.6 Å². The SMILES string of the molecule is CCOC(C1C(C#N)=NN(c2cncc(C(F)(F)F)c2)C1O)C(F)(F)F. The summed E-state index contributed by atoms with van der Waals surface area (Å²) in [4.78, 5) is 3.36. The number of aromatic nitrogens is 1. The largest absolute Gasteiger partial charge is 0.417 e. The minimum atomic E-state index is -4.93. The van der Waals surface area contributed by atoms with Crippen molar-refractivity contribution in [1.29, 1.82) is 5.26 Å². The van der Waals surface area contributed by atoms with Gasteiger partial charge in [-0.25, -0.2) is 5.01 Å². The lowest BCUT2D eigenvalue weighted by atomic mass is 9.95. The molecule has 2 rings (SSSR count). The van der Waals surface area contributed by atoms with Gasteiger partial charge in [0.2, 0.25) is 0 Å². The van der Waals surface area contributed by atoms with E-state index in [1.807, 2.05) is 0 Å². The first kappa shape index (κ1) is 19.9. The third-order valence-corrected chi connectivity index (χ3v) is 3.53. The molecule has 142 valence electrons. The van der Waals surface area contributed by atoms with E-state index < -0.39 is 47.6 Å². The Bertz CT molecular complexity index is 727. The third kappa shape index (κ3) is 3.88. The van der Waals surface area contributed by atoms with Gasteiger partial charge in [0.1, 0.15) is 11.8 Å². The number of nitrogens with zero attached hydrogens (tertiary/aromatic N) is 4. The first-order valence-electron chi connectivity index (χ1n) is 7.17. The normalized spacial score (nSPS) is 22.1. The van der Waals surface area contributed by atoms with Crippen LogP contribution in [0.2, 0.25) is 0 Å². The van der Waals surface area contributed by atoms with E-state index in [9.17, 15) is 31.4 Å². The summed E-state index contributed by atoms with van der Waals surface area (Å²) in [7, 11) is 0. The zero-order valence-corrected chi connectivity index (χ0v) is 13.1. The van der Waals surface area contributed by atoms with Crippen LogP contribution in [0.3, 0.4) is 0 Å². The smallest absolute Gasteiger partial charge is 0.371 e. The number of pyridine rings is 1. The highest BCUT2D eigenvalue weighted by molar-refractivity contribution is 6.03. The monoisotopic (exact) mass is 382 g/mol. The number of aliphatic hydroxyl groups excluding tert-OH is 1. The number of aliphatic hydroxyl groups is 1. The molecule has 0 fully saturated rings. The summed E-state index contributed by atoms with van der Waals surface area (Å²) >= 11 is 0. The standard InChI is InChI=1S/C14H12F6N4O2/c1-2-26-11(14(18,19)20)10-9(4-21)23-24(12(10)25)8-3-7(5-22-6-8)13(15,16)17/h3,5-6,10-12,25H,2H2,1H3. The molecule has 0 bridgehead atoms. The number of hydrogen-bond donors (Lipinski definition) is 1. The average molecular weight is 382 g/mol. The first-order valence-corrected chi connectivity index (χ1v) is 7.17. The van der Waals surface area contributed by atoms with Crippen molar-refractivity contribution in [3.63, 3.8) is 0 Å². The zero-order chi connectivity index (χ0) is 19.7. The fraction of sp³-hybridized carbons (Fsp3) is 0.500. The molecule has 3 atom stereocenters. The molecule has 0 aromatic carbocycles. The minimum absolute atomic E-state index is 0.364. The van der Waals surface area contributed by atoms with Crippen LogP contribution in [-0.2, 0) is 10.9 Å². The van der Waals surface area contributed by atoms with Gasteiger partial charge in [0.15, 0.2) is 12.3 Å². The quantitative estimate of drug-likeness (QED) is 0.810. The van der Waals surface area contributed by atoms with Gasteiger partial charge in [0.25, 0.3) is 0 Å². The van der Waals surface area contributed by atoms with Gasteiger partial charge < -0.3 is 9.84 Å². The van der Waals surface area contributed by atoms with Gasteiger partial charge in [0.05, 0.1) is 23.4 Å². The summed E-state index contributed by atoms with van der Waals surface area (Å²) < 4.78 is 82.6. The molecule has 1 aliphatic rings. The third-order valence-electron chi connectivity index (χ3n) is 3.53. The van der Waals surface area contributed by atoms with E-state index in [0.717, 1.165) is 6.20 Å². The van der Waals surface area contributed by atoms with Crippen LogP contribution >= 0.6 is 0 Å². The molecule has 1 aromatic heterocycles. The molecule has 1 aromatic rings. The van der Waals surface area contributed by atoms with Crippen molar-refractivity contribution in [2.24, 2.45) is 11.0 Å². The molecule has 0 saturated carbocycles. The highest BCUT2D eigenvalue weighted by atomic mass is 19.4. The van der Waals surface area contributed by atoms with Gasteiger partial charge in [0, 0.05) is 12.8 Å². The maximum absolute atomic E-state index is 13.2. The van der Waals surface area contributed by atoms with Gasteiger partial charge in [-0.3, -0.25) is 4.98 Å². The van der Waals surface area contributed by atoms with E-state index in [1.54, 1.807) is 0 Å². The summed E-state index contributed by atoms with van der Waals surface area (Å²) in [6.45, 7) is 0.926. The second-order valence-electron chi connectivity index (χ2n) is 5.23. The molecule has 1 N–H and O–H groups in total. The lowest BCUT2D eigenvalue weighted by Gasteiger charge is -2.29. The average Bonchev–Trinajstić information content (AvgIpc) is 2.87. The molecule has 12 heteroatoms. The number of ether oxygens (including phenoxy) is 1. The highest BCUT2D eigenvalue weighted by Crippen LogP contribution is 2.38. The minimum Gasteiger partial charge on any atom is -0.371 e. The van der Waals surface area contributed by atoms with Crippen LogP contribution in [0.25, 0.3) is 0 Å². The van der Waals surface area contributed by atoms with Crippen molar-refractivity contribution in [1.82, 2.24) is 4.98 Å². The number of hydrogen-bond acceptors (Lipinski definition) is 6. The van der Waals surface area contributed by atoms with E-state index in [-0.39, 0.29) is 6.61 Å². The molecular formula is C14H12F6N4O2. The van der Waals surface area contributed by atoms with Crippen LogP contribution in [0.15, 0.2) is 23.6 Å². The van der Waals surface area contributed by atoms with Crippen LogP contribution in [0.1, 0.15) is 12.5 Å². The van der Waals surface area contributed by atoms with Gasteiger partial charge in [-0.15, -0.1) is 0 Å². The Kier molecular flexibility index (Phi) is 5.43. The summed E-state index contributed by atoms with van der Waals surface area (Å²) in [6.07, 6.45) is -12.9. The number of hydrazone groups is 1. The van der Waals surface area contributed by atoms with Crippen LogP contribution in [0, 0.1) is 17.2 Å². The number of anilines is 1. The highest BCUT2D eigenvalue weighted by Gasteiger charge is 2.54. The lowest BCUT2D eigenvalue weighted by molar-refractivity contribution is -0.234. The molecule has 1 aliphatic heterocycles. The van der Waals surface area contributed by atoms with Gasteiger partial charge in [-0.1, -0.05) is 0 Å². The maximum atomic E-state index is 13.2. The van der Waals surface area contributed by atoms with Gasteiger partial charge in [-0.2, -0.15) is 36.7 Å². The van der Waals surface area contributed by atoms with Crippen molar-refractivity contribution in [3.8, 4) is 6.07 Å². The lowest BCUT2D eigenvalue weighted by Crippen LogP contribution is -2.48. The van der Waals surface area contributed by atoms with Gasteiger partial charge >= 0.3 is 12.4 Å². The number of alkyl halides is 6. The molecule has 26 heavy (non-hydrogen) atoms. The summed E-state index contributed by atoms with van der Waals surface area (Å²) in [6, 6.07) is 1.98. The molecule has 6 nitrogen and oxygen atoms in total. The predicted molar refractivity (Wildman–Crippen MR) is 75.7 cm³/mol. The Morgan fingerprint density at radius 1 is 1.31 bits per heavy atom. The Morgan fingerprint density at radius 3 is 2.46 bits per heavy atom. The molecule has 0 spiro atoms. The second-order valence-corrected chi connectivity index (χ2v) is 5.23. The number of halogens is 6. The van der Waals surface area contributed by atoms with E-state index >= 15 is 0 Å². The molecule has 0 saturated heterocycles. The summed E-state index contributed by atoms with van der Waals surface area (Å²) in [5.41, 5.74) is -2.32. The summed E-state index contributed by atoms with van der Waals surface area (Å²) in [5.74, 6) is -1.92. The zero-order valence-electron chi connectivity index (χ0n) is 13.1. The Labute approximate surface area is 143 Å². The van der Waals surface area contributed by atoms with Crippen molar-refractivity contribution in [2.75, 3.05) is 11.6 Å². The molecule has 0 aliphatic carbocycles. The molecule has 0 amide bonds. The molecule has 0 radical (unpaired) electrons. The number of nitriles is 1. The molecule has 2 heterocycles. The number of rotatable bonds is 4. The fourth-order valence-corrected chi connectivity index (χ4v) is 2.43. The fourth-order valence-electron chi connectivity index (χ4n) is 2.43. The van der Waals surface area contributed by atoms with Crippen LogP contribution in [-0.4, -0.2) is 40.9 Å². The van der Waals surface area contributed by atoms with Crippen LogP contribution in [0.4, 0.5) is 32.0 Å². The van der Waals surface area contributed by atoms with Gasteiger partial charge in [-0.05, 0) is 13.0 Å². The Hall–Kier alpha value is -2.39. The second kappa shape index (κ2) is 7.08. The van der Waals surface area contributed by atoms with Crippen molar-refractivity contribution >= 4 is 11.4 Å². The predicted octanol–water partition coefficient (Wildman–Crippen LogP) is 2.70. The van der Waals surface area contributed by atoms with E-state index in [2.05, 4.69) is 14.8 Å². The first-order chi connectivity index (χ1) is 12.0. The van der Waals surface area contributed by atoms with E-state index in [0.29, 0.717) is 17.3 Å². The molecular weight excluding hydrogens is 370 g/mol. The maximum Gasteiger partial charge on any atom is 0.417 e.